The minimum absolute atomic E-state index is 0.0148. The summed E-state index contributed by atoms with van der Waals surface area (Å²) in [6.07, 6.45) is 3.27. The third kappa shape index (κ3) is 3.66. The van der Waals surface area contributed by atoms with Crippen LogP contribution in [0, 0.1) is 29.1 Å². The fourth-order valence-electron chi connectivity index (χ4n) is 2.48. The molecule has 0 spiro atoms. The summed E-state index contributed by atoms with van der Waals surface area (Å²) in [6, 6.07) is 0. The average Bonchev–Trinajstić information content (AvgIpc) is 3.28. The number of hydrogen-bond donors (Lipinski definition) is 2. The summed E-state index contributed by atoms with van der Waals surface area (Å²) in [5, 5.41) is 18.7. The highest BCUT2D eigenvalue weighted by Crippen LogP contribution is 2.24. The normalized spacial score (nSPS) is 11.0. The van der Waals surface area contributed by atoms with Crippen molar-refractivity contribution in [2.24, 2.45) is 7.05 Å². The van der Waals surface area contributed by atoms with Crippen LogP contribution in [0.1, 0.15) is 26.4 Å². The molecule has 2 aromatic heterocycles. The minimum Gasteiger partial charge on any atom is -0.476 e. The Morgan fingerprint density at radius 3 is 2.21 bits per heavy atom. The van der Waals surface area contributed by atoms with Gasteiger partial charge in [-0.05, 0) is 0 Å². The summed E-state index contributed by atoms with van der Waals surface area (Å²) in [6.45, 7) is -0.811. The SMILES string of the molecule is Cn1cc(C(=O)Nc2cnn(Cc3c(F)c(F)c(F)c(F)c3F)c2)c(C(=O)O)n1. The quantitative estimate of drug-likeness (QED) is 0.378. The van der Waals surface area contributed by atoms with E-state index in [9.17, 15) is 31.5 Å². The zero-order valence-electron chi connectivity index (χ0n) is 14.4. The maximum atomic E-state index is 13.8. The van der Waals surface area contributed by atoms with Crippen molar-refractivity contribution in [3.05, 3.63) is 64.5 Å². The Bertz CT molecular complexity index is 1110. The first-order chi connectivity index (χ1) is 13.6. The molecular weight excluding hydrogens is 405 g/mol. The summed E-state index contributed by atoms with van der Waals surface area (Å²) in [7, 11) is 1.41. The second kappa shape index (κ2) is 7.33. The molecule has 8 nitrogen and oxygen atoms in total. The van der Waals surface area contributed by atoms with E-state index in [1.165, 1.54) is 7.05 Å². The summed E-state index contributed by atoms with van der Waals surface area (Å²) in [5.41, 5.74) is -1.88. The average molecular weight is 415 g/mol. The fraction of sp³-hybridized carbons (Fsp3) is 0.125. The van der Waals surface area contributed by atoms with E-state index in [0.29, 0.717) is 0 Å². The second-order valence-corrected chi connectivity index (χ2v) is 5.80. The third-order valence-corrected chi connectivity index (χ3v) is 3.79. The minimum atomic E-state index is -2.28. The Kier molecular flexibility index (Phi) is 5.05. The molecule has 0 saturated heterocycles. The van der Waals surface area contributed by atoms with Crippen LogP contribution in [0.25, 0.3) is 0 Å². The molecule has 2 N–H and O–H groups in total. The van der Waals surface area contributed by atoms with Crippen LogP contribution in [-0.4, -0.2) is 36.5 Å². The maximum absolute atomic E-state index is 13.8. The number of nitrogens with one attached hydrogen (secondary N) is 1. The van der Waals surface area contributed by atoms with Crippen molar-refractivity contribution in [3.63, 3.8) is 0 Å². The van der Waals surface area contributed by atoms with Crippen LogP contribution < -0.4 is 5.32 Å². The molecule has 0 aliphatic carbocycles. The first-order valence-corrected chi connectivity index (χ1v) is 7.71. The Morgan fingerprint density at radius 1 is 1.03 bits per heavy atom. The maximum Gasteiger partial charge on any atom is 0.357 e. The molecule has 0 bridgehead atoms. The van der Waals surface area contributed by atoms with Crippen LogP contribution in [0.5, 0.6) is 0 Å². The smallest absolute Gasteiger partial charge is 0.357 e. The number of benzene rings is 1. The van der Waals surface area contributed by atoms with Crippen molar-refractivity contribution in [3.8, 4) is 0 Å². The van der Waals surface area contributed by atoms with Crippen molar-refractivity contribution < 1.29 is 36.6 Å². The molecule has 0 unspecified atom stereocenters. The monoisotopic (exact) mass is 415 g/mol. The molecule has 3 aromatic rings. The van der Waals surface area contributed by atoms with E-state index in [0.717, 1.165) is 28.0 Å². The van der Waals surface area contributed by atoms with Crippen LogP contribution >= 0.6 is 0 Å². The predicted molar refractivity (Wildman–Crippen MR) is 85.7 cm³/mol. The van der Waals surface area contributed by atoms with Gasteiger partial charge in [-0.3, -0.25) is 14.2 Å². The zero-order valence-corrected chi connectivity index (χ0v) is 14.4. The Morgan fingerprint density at radius 2 is 1.62 bits per heavy atom. The van der Waals surface area contributed by atoms with Crippen molar-refractivity contribution in [2.45, 2.75) is 6.54 Å². The number of halogens is 5. The summed E-state index contributed by atoms with van der Waals surface area (Å²) >= 11 is 0. The number of aryl methyl sites for hydroxylation is 1. The van der Waals surface area contributed by atoms with Gasteiger partial charge in [0.2, 0.25) is 5.82 Å². The van der Waals surface area contributed by atoms with Gasteiger partial charge in [0.1, 0.15) is 0 Å². The van der Waals surface area contributed by atoms with E-state index in [2.05, 4.69) is 15.5 Å². The van der Waals surface area contributed by atoms with E-state index in [4.69, 9.17) is 5.11 Å². The first-order valence-electron chi connectivity index (χ1n) is 7.71. The van der Waals surface area contributed by atoms with Crippen molar-refractivity contribution in [1.29, 1.82) is 0 Å². The molecule has 0 saturated carbocycles. The molecule has 152 valence electrons. The molecule has 0 radical (unpaired) electrons. The molecule has 13 heteroatoms. The highest BCUT2D eigenvalue weighted by molar-refractivity contribution is 6.09. The highest BCUT2D eigenvalue weighted by atomic mass is 19.2. The zero-order chi connectivity index (χ0) is 21.5. The number of rotatable bonds is 5. The first kappa shape index (κ1) is 20.0. The van der Waals surface area contributed by atoms with Gasteiger partial charge in [0, 0.05) is 19.4 Å². The highest BCUT2D eigenvalue weighted by Gasteiger charge is 2.26. The number of hydrogen-bond acceptors (Lipinski definition) is 4. The Balaban J connectivity index is 1.83. The lowest BCUT2D eigenvalue weighted by atomic mass is 10.1. The van der Waals surface area contributed by atoms with Crippen LogP contribution in [0.15, 0.2) is 18.6 Å². The van der Waals surface area contributed by atoms with Gasteiger partial charge in [-0.1, -0.05) is 0 Å². The van der Waals surface area contributed by atoms with Gasteiger partial charge in [-0.25, -0.2) is 26.7 Å². The van der Waals surface area contributed by atoms with Gasteiger partial charge in [-0.15, -0.1) is 0 Å². The topological polar surface area (TPSA) is 102 Å². The summed E-state index contributed by atoms with van der Waals surface area (Å²) in [4.78, 5) is 23.3. The van der Waals surface area contributed by atoms with Gasteiger partial charge in [0.15, 0.2) is 29.0 Å². The number of amides is 1. The predicted octanol–water partition coefficient (Wildman–Crippen LogP) is 2.31. The molecule has 29 heavy (non-hydrogen) atoms. The van der Waals surface area contributed by atoms with Crippen LogP contribution in [0.2, 0.25) is 0 Å². The Hall–Kier alpha value is -3.77. The number of aromatic carboxylic acids is 1. The second-order valence-electron chi connectivity index (χ2n) is 5.80. The molecule has 0 aliphatic rings. The fourth-order valence-corrected chi connectivity index (χ4v) is 2.48. The lowest BCUT2D eigenvalue weighted by molar-refractivity contribution is 0.0685. The van der Waals surface area contributed by atoms with Gasteiger partial charge in [0.05, 0.1) is 29.6 Å². The summed E-state index contributed by atoms with van der Waals surface area (Å²) in [5.74, 6) is -12.7. The lowest BCUT2D eigenvalue weighted by Gasteiger charge is -2.08. The van der Waals surface area contributed by atoms with E-state index in [1.54, 1.807) is 0 Å². The van der Waals surface area contributed by atoms with Crippen LogP contribution in [0.3, 0.4) is 0 Å². The Labute approximate surface area is 158 Å². The van der Waals surface area contributed by atoms with Gasteiger partial charge in [0.25, 0.3) is 5.91 Å². The standard InChI is InChI=1S/C16H10F5N5O3/c1-25-4-8(14(24-25)16(28)29)15(27)23-6-2-22-26(3-6)5-7-9(17)11(19)13(21)12(20)10(7)18/h2-4H,5H2,1H3,(H,23,27)(H,28,29). The number of anilines is 1. The largest absolute Gasteiger partial charge is 0.476 e. The third-order valence-electron chi connectivity index (χ3n) is 3.79. The van der Waals surface area contributed by atoms with Crippen molar-refractivity contribution in [2.75, 3.05) is 5.32 Å². The summed E-state index contributed by atoms with van der Waals surface area (Å²) < 4.78 is 69.1. The molecular formula is C16H10F5N5O3. The van der Waals surface area contributed by atoms with E-state index in [-0.39, 0.29) is 11.3 Å². The molecule has 2 heterocycles. The van der Waals surface area contributed by atoms with Gasteiger partial charge < -0.3 is 10.4 Å². The van der Waals surface area contributed by atoms with Gasteiger partial charge >= 0.3 is 5.97 Å². The molecule has 1 aromatic carbocycles. The number of carboxylic acids is 1. The van der Waals surface area contributed by atoms with Crippen molar-refractivity contribution in [1.82, 2.24) is 19.6 Å². The molecule has 0 atom stereocenters. The lowest BCUT2D eigenvalue weighted by Crippen LogP contribution is -2.15. The molecule has 1 amide bonds. The van der Waals surface area contributed by atoms with E-state index in [1.807, 2.05) is 0 Å². The number of carbonyl (C=O) groups is 2. The van der Waals surface area contributed by atoms with Crippen LogP contribution in [-0.2, 0) is 13.6 Å². The van der Waals surface area contributed by atoms with Gasteiger partial charge in [-0.2, -0.15) is 10.2 Å². The van der Waals surface area contributed by atoms with Crippen molar-refractivity contribution >= 4 is 17.6 Å². The molecule has 0 aliphatic heterocycles. The van der Waals surface area contributed by atoms with E-state index >= 15 is 0 Å². The number of carbonyl (C=O) groups excluding carboxylic acids is 1. The molecule has 0 fully saturated rings. The number of carboxylic acid groups (broad SMARTS) is 1. The number of aromatic nitrogens is 4. The van der Waals surface area contributed by atoms with Crippen LogP contribution in [0.4, 0.5) is 27.6 Å². The van der Waals surface area contributed by atoms with E-state index < -0.39 is 58.8 Å². The number of nitrogens with zero attached hydrogens (tertiary/aromatic N) is 4. The molecule has 3 rings (SSSR count).